The second kappa shape index (κ2) is 4.77. The summed E-state index contributed by atoms with van der Waals surface area (Å²) in [4.78, 5) is 0. The number of nitrogens with two attached hydrogens (primary N) is 1. The van der Waals surface area contributed by atoms with Crippen LogP contribution in [0.2, 0.25) is 5.02 Å². The first-order valence-corrected chi connectivity index (χ1v) is 6.66. The van der Waals surface area contributed by atoms with Crippen LogP contribution < -0.4 is 11.1 Å². The summed E-state index contributed by atoms with van der Waals surface area (Å²) in [5.41, 5.74) is 8.04. The second-order valence-corrected chi connectivity index (χ2v) is 6.21. The van der Waals surface area contributed by atoms with Gasteiger partial charge in [0.15, 0.2) is 0 Å². The summed E-state index contributed by atoms with van der Waals surface area (Å²) in [6, 6.07) is 6.28. The zero-order chi connectivity index (χ0) is 12.5. The van der Waals surface area contributed by atoms with Crippen molar-refractivity contribution in [1.29, 1.82) is 0 Å². The Morgan fingerprint density at radius 1 is 1.41 bits per heavy atom. The molecule has 1 aromatic rings. The summed E-state index contributed by atoms with van der Waals surface area (Å²) in [7, 11) is 0. The zero-order valence-electron chi connectivity index (χ0n) is 10.6. The quantitative estimate of drug-likeness (QED) is 0.770. The maximum atomic E-state index is 6.02. The molecular formula is C14H21ClN2. The molecule has 0 aromatic heterocycles. The molecule has 0 heterocycles. The number of benzene rings is 1. The summed E-state index contributed by atoms with van der Waals surface area (Å²) >= 11 is 6.02. The molecule has 1 saturated carbocycles. The molecule has 3 N–H and O–H groups in total. The topological polar surface area (TPSA) is 38.0 Å². The van der Waals surface area contributed by atoms with Crippen molar-refractivity contribution in [2.75, 3.05) is 11.1 Å². The van der Waals surface area contributed by atoms with Crippen molar-refractivity contribution in [3.63, 3.8) is 0 Å². The van der Waals surface area contributed by atoms with Gasteiger partial charge in [-0.05, 0) is 36.8 Å². The van der Waals surface area contributed by atoms with Crippen LogP contribution in [-0.4, -0.2) is 6.04 Å². The number of para-hydroxylation sites is 1. The van der Waals surface area contributed by atoms with Crippen molar-refractivity contribution in [2.45, 2.75) is 45.6 Å². The molecule has 1 atom stereocenters. The minimum absolute atomic E-state index is 0.434. The van der Waals surface area contributed by atoms with Crippen molar-refractivity contribution in [3.8, 4) is 0 Å². The summed E-state index contributed by atoms with van der Waals surface area (Å²) in [5, 5.41) is 4.17. The van der Waals surface area contributed by atoms with Gasteiger partial charge in [0.25, 0.3) is 0 Å². The van der Waals surface area contributed by atoms with Crippen LogP contribution in [0.15, 0.2) is 18.2 Å². The van der Waals surface area contributed by atoms with Gasteiger partial charge in [-0.3, -0.25) is 0 Å². The molecule has 0 bridgehead atoms. The molecule has 0 saturated heterocycles. The Labute approximate surface area is 109 Å². The second-order valence-electron chi connectivity index (χ2n) is 5.80. The molecular weight excluding hydrogens is 232 g/mol. The van der Waals surface area contributed by atoms with Gasteiger partial charge in [-0.15, -0.1) is 0 Å². The average Bonchev–Trinajstić information content (AvgIpc) is 2.23. The van der Waals surface area contributed by atoms with E-state index in [-0.39, 0.29) is 0 Å². The van der Waals surface area contributed by atoms with Gasteiger partial charge in [-0.2, -0.15) is 0 Å². The van der Waals surface area contributed by atoms with E-state index < -0.39 is 0 Å². The number of anilines is 2. The predicted molar refractivity (Wildman–Crippen MR) is 75.5 cm³/mol. The Balaban J connectivity index is 2.08. The first-order chi connectivity index (χ1) is 7.98. The molecule has 0 radical (unpaired) electrons. The molecule has 1 fully saturated rings. The molecule has 2 nitrogen and oxygen atoms in total. The van der Waals surface area contributed by atoms with E-state index in [1.807, 2.05) is 18.2 Å². The Morgan fingerprint density at radius 2 is 2.18 bits per heavy atom. The van der Waals surface area contributed by atoms with Crippen LogP contribution in [0.3, 0.4) is 0 Å². The molecule has 3 heteroatoms. The smallest absolute Gasteiger partial charge is 0.0739 e. The van der Waals surface area contributed by atoms with Crippen LogP contribution in [0, 0.1) is 5.41 Å². The number of hydrogen-bond donors (Lipinski definition) is 2. The Hall–Kier alpha value is -0.890. The van der Waals surface area contributed by atoms with Crippen molar-refractivity contribution in [2.24, 2.45) is 5.41 Å². The lowest BCUT2D eigenvalue weighted by Gasteiger charge is -2.36. The maximum Gasteiger partial charge on any atom is 0.0739 e. The lowest BCUT2D eigenvalue weighted by molar-refractivity contribution is 0.229. The highest BCUT2D eigenvalue weighted by Crippen LogP contribution is 2.37. The largest absolute Gasteiger partial charge is 0.396 e. The molecule has 0 spiro atoms. The fourth-order valence-corrected chi connectivity index (χ4v) is 2.88. The highest BCUT2D eigenvalue weighted by atomic mass is 35.5. The van der Waals surface area contributed by atoms with Crippen molar-refractivity contribution in [3.05, 3.63) is 23.2 Å². The molecule has 1 unspecified atom stereocenters. The van der Waals surface area contributed by atoms with Crippen molar-refractivity contribution < 1.29 is 0 Å². The average molecular weight is 253 g/mol. The summed E-state index contributed by atoms with van der Waals surface area (Å²) in [6.45, 7) is 4.67. The number of nitrogens with one attached hydrogen (secondary N) is 1. The van der Waals surface area contributed by atoms with Gasteiger partial charge in [0.1, 0.15) is 0 Å². The standard InChI is InChI=1S/C14H21ClN2/c1-14(2)8-4-5-10(9-14)17-12-7-3-6-11(15)13(12)16/h3,6-7,10,17H,4-5,8-9,16H2,1-2H3. The maximum absolute atomic E-state index is 6.02. The van der Waals surface area contributed by atoms with Gasteiger partial charge in [-0.1, -0.05) is 37.9 Å². The van der Waals surface area contributed by atoms with E-state index in [0.717, 1.165) is 5.69 Å². The van der Waals surface area contributed by atoms with Gasteiger partial charge in [-0.25, -0.2) is 0 Å². The minimum atomic E-state index is 0.434. The third kappa shape index (κ3) is 3.06. The van der Waals surface area contributed by atoms with E-state index in [9.17, 15) is 0 Å². The zero-order valence-corrected chi connectivity index (χ0v) is 11.3. The number of rotatable bonds is 2. The van der Waals surface area contributed by atoms with Crippen LogP contribution in [0.5, 0.6) is 0 Å². The van der Waals surface area contributed by atoms with Gasteiger partial charge < -0.3 is 11.1 Å². The van der Waals surface area contributed by atoms with E-state index in [4.69, 9.17) is 17.3 Å². The number of hydrogen-bond acceptors (Lipinski definition) is 2. The molecule has 2 rings (SSSR count). The van der Waals surface area contributed by atoms with Crippen molar-refractivity contribution >= 4 is 23.0 Å². The van der Waals surface area contributed by atoms with Gasteiger partial charge in [0, 0.05) is 6.04 Å². The molecule has 1 aliphatic rings. The van der Waals surface area contributed by atoms with Crippen LogP contribution in [0.1, 0.15) is 39.5 Å². The molecule has 17 heavy (non-hydrogen) atoms. The molecule has 1 aromatic carbocycles. The van der Waals surface area contributed by atoms with Gasteiger partial charge >= 0.3 is 0 Å². The van der Waals surface area contributed by atoms with Crippen LogP contribution >= 0.6 is 11.6 Å². The van der Waals surface area contributed by atoms with E-state index >= 15 is 0 Å². The van der Waals surface area contributed by atoms with Gasteiger partial charge in [0.05, 0.1) is 16.4 Å². The number of nitrogen functional groups attached to an aromatic ring is 1. The first kappa shape index (κ1) is 12.6. The third-order valence-corrected chi connectivity index (χ3v) is 3.95. The number of halogens is 1. The molecule has 0 amide bonds. The lowest BCUT2D eigenvalue weighted by Crippen LogP contribution is -2.31. The highest BCUT2D eigenvalue weighted by molar-refractivity contribution is 6.33. The molecule has 0 aliphatic heterocycles. The summed E-state index contributed by atoms with van der Waals surface area (Å²) < 4.78 is 0. The highest BCUT2D eigenvalue weighted by Gasteiger charge is 2.28. The molecule has 94 valence electrons. The Morgan fingerprint density at radius 3 is 2.88 bits per heavy atom. The predicted octanol–water partition coefficient (Wildman–Crippen LogP) is 4.30. The Kier molecular flexibility index (Phi) is 3.53. The first-order valence-electron chi connectivity index (χ1n) is 6.28. The van der Waals surface area contributed by atoms with Gasteiger partial charge in [0.2, 0.25) is 0 Å². The fraction of sp³-hybridized carbons (Fsp3) is 0.571. The fourth-order valence-electron chi connectivity index (χ4n) is 2.70. The summed E-state index contributed by atoms with van der Waals surface area (Å²) in [5.74, 6) is 0. The monoisotopic (exact) mass is 252 g/mol. The van der Waals surface area contributed by atoms with Crippen LogP contribution in [0.25, 0.3) is 0 Å². The normalized spacial score (nSPS) is 23.4. The third-order valence-electron chi connectivity index (χ3n) is 3.62. The Bertz CT molecular complexity index is 401. The SMILES string of the molecule is CC1(C)CCCC(Nc2cccc(Cl)c2N)C1. The van der Waals surface area contributed by atoms with E-state index in [2.05, 4.69) is 19.2 Å². The molecule has 1 aliphatic carbocycles. The lowest BCUT2D eigenvalue weighted by atomic mass is 9.75. The van der Waals surface area contributed by atoms with E-state index in [1.165, 1.54) is 25.7 Å². The summed E-state index contributed by atoms with van der Waals surface area (Å²) in [6.07, 6.45) is 5.01. The van der Waals surface area contributed by atoms with Crippen LogP contribution in [-0.2, 0) is 0 Å². The van der Waals surface area contributed by atoms with E-state index in [0.29, 0.717) is 22.2 Å². The van der Waals surface area contributed by atoms with Crippen molar-refractivity contribution in [1.82, 2.24) is 0 Å². The van der Waals surface area contributed by atoms with E-state index in [1.54, 1.807) is 0 Å². The van der Waals surface area contributed by atoms with Crippen LogP contribution in [0.4, 0.5) is 11.4 Å². The minimum Gasteiger partial charge on any atom is -0.396 e.